The van der Waals surface area contributed by atoms with Gasteiger partial charge in [-0.15, -0.1) is 12.4 Å². The largest absolute Gasteiger partial charge is 0.339 e. The molecule has 4 rings (SSSR count). The normalized spacial score (nSPS) is 18.1. The van der Waals surface area contributed by atoms with E-state index in [1.54, 1.807) is 24.3 Å². The van der Waals surface area contributed by atoms with Gasteiger partial charge in [-0.05, 0) is 31.4 Å². The number of hydrogen-bond acceptors (Lipinski definition) is 6. The number of carbonyl (C=O) groups is 2. The number of rotatable bonds is 4. The van der Waals surface area contributed by atoms with Crippen molar-refractivity contribution in [2.45, 2.75) is 31.2 Å². The number of imide groups is 1. The number of carbonyl (C=O) groups excluding carboxylic acids is 2. The highest BCUT2D eigenvalue weighted by molar-refractivity contribution is 6.21. The van der Waals surface area contributed by atoms with Crippen molar-refractivity contribution in [1.29, 1.82) is 0 Å². The molecule has 2 aliphatic rings. The number of amides is 2. The molecule has 0 unspecified atom stereocenters. The molecule has 1 fully saturated rings. The van der Waals surface area contributed by atoms with Gasteiger partial charge in [0, 0.05) is 13.0 Å². The smallest absolute Gasteiger partial charge is 0.261 e. The van der Waals surface area contributed by atoms with Crippen molar-refractivity contribution in [3.63, 3.8) is 0 Å². The van der Waals surface area contributed by atoms with E-state index in [1.165, 1.54) is 4.90 Å². The molecule has 1 aromatic heterocycles. The fourth-order valence-electron chi connectivity index (χ4n) is 2.99. The van der Waals surface area contributed by atoms with Crippen LogP contribution in [0.25, 0.3) is 0 Å². The molecule has 1 saturated carbocycles. The van der Waals surface area contributed by atoms with Crippen LogP contribution in [0.1, 0.15) is 51.7 Å². The van der Waals surface area contributed by atoms with Crippen molar-refractivity contribution in [2.24, 2.45) is 5.73 Å². The summed E-state index contributed by atoms with van der Waals surface area (Å²) < 4.78 is 5.20. The van der Waals surface area contributed by atoms with Crippen molar-refractivity contribution in [3.8, 4) is 0 Å². The first kappa shape index (κ1) is 16.6. The molecule has 126 valence electrons. The number of fused-ring (bicyclic) bond motifs is 1. The molecule has 0 radical (unpaired) electrons. The monoisotopic (exact) mass is 348 g/mol. The molecule has 2 heterocycles. The minimum atomic E-state index is -0.475. The van der Waals surface area contributed by atoms with Crippen LogP contribution in [0.5, 0.6) is 0 Å². The number of benzene rings is 1. The third-order valence-corrected chi connectivity index (χ3v) is 4.59. The average Bonchev–Trinajstić information content (AvgIpc) is 3.09. The molecular formula is C16H17ClN4O3. The van der Waals surface area contributed by atoms with Gasteiger partial charge < -0.3 is 10.3 Å². The van der Waals surface area contributed by atoms with Crippen LogP contribution in [0.4, 0.5) is 0 Å². The number of halogens is 1. The van der Waals surface area contributed by atoms with E-state index in [4.69, 9.17) is 10.3 Å². The lowest BCUT2D eigenvalue weighted by Crippen LogP contribution is -2.44. The van der Waals surface area contributed by atoms with Gasteiger partial charge in [-0.2, -0.15) is 4.98 Å². The second kappa shape index (κ2) is 5.99. The van der Waals surface area contributed by atoms with Crippen LogP contribution in [0.3, 0.4) is 0 Å². The van der Waals surface area contributed by atoms with Crippen molar-refractivity contribution in [3.05, 3.63) is 47.1 Å². The number of nitrogens with two attached hydrogens (primary N) is 1. The Morgan fingerprint density at radius 3 is 2.33 bits per heavy atom. The molecule has 2 amide bonds. The SMILES string of the molecule is Cl.NC1(c2noc(CCN3C(=O)c4ccccc4C3=O)n2)CCC1. The standard InChI is InChI=1S/C16H16N4O3.ClH/c17-16(7-3-8-16)15-18-12(23-19-15)6-9-20-13(21)10-4-1-2-5-11(10)14(20)22;/h1-2,4-5H,3,6-9,17H2;1H. The van der Waals surface area contributed by atoms with Crippen molar-refractivity contribution in [2.75, 3.05) is 6.54 Å². The summed E-state index contributed by atoms with van der Waals surface area (Å²) in [6, 6.07) is 6.82. The minimum Gasteiger partial charge on any atom is -0.339 e. The molecule has 24 heavy (non-hydrogen) atoms. The highest BCUT2D eigenvalue weighted by Gasteiger charge is 2.39. The fourth-order valence-corrected chi connectivity index (χ4v) is 2.99. The summed E-state index contributed by atoms with van der Waals surface area (Å²) in [6.45, 7) is 0.214. The van der Waals surface area contributed by atoms with Crippen LogP contribution in [0.15, 0.2) is 28.8 Å². The Morgan fingerprint density at radius 1 is 1.17 bits per heavy atom. The van der Waals surface area contributed by atoms with Crippen molar-refractivity contribution >= 4 is 24.2 Å². The summed E-state index contributed by atoms with van der Waals surface area (Å²) in [6.07, 6.45) is 3.10. The molecule has 0 spiro atoms. The number of aromatic nitrogens is 2. The summed E-state index contributed by atoms with van der Waals surface area (Å²) in [5.41, 5.74) is 6.57. The van der Waals surface area contributed by atoms with E-state index in [2.05, 4.69) is 10.1 Å². The average molecular weight is 349 g/mol. The Bertz CT molecular complexity index is 765. The molecule has 7 nitrogen and oxygen atoms in total. The fraction of sp³-hybridized carbons (Fsp3) is 0.375. The van der Waals surface area contributed by atoms with E-state index in [1.807, 2.05) is 0 Å². The summed E-state index contributed by atoms with van der Waals surface area (Å²) in [5.74, 6) is 0.355. The van der Waals surface area contributed by atoms with Gasteiger partial charge in [0.1, 0.15) is 0 Å². The van der Waals surface area contributed by atoms with Gasteiger partial charge in [-0.1, -0.05) is 17.3 Å². The van der Waals surface area contributed by atoms with Crippen LogP contribution in [0, 0.1) is 0 Å². The third-order valence-electron chi connectivity index (χ3n) is 4.59. The zero-order valence-electron chi connectivity index (χ0n) is 12.9. The van der Waals surface area contributed by atoms with E-state index in [0.29, 0.717) is 29.3 Å². The van der Waals surface area contributed by atoms with Gasteiger partial charge in [0.25, 0.3) is 11.8 Å². The maximum Gasteiger partial charge on any atom is 0.261 e. The molecule has 0 bridgehead atoms. The molecular weight excluding hydrogens is 332 g/mol. The Hall–Kier alpha value is -2.25. The Balaban J connectivity index is 0.00000169. The van der Waals surface area contributed by atoms with E-state index >= 15 is 0 Å². The van der Waals surface area contributed by atoms with Crippen LogP contribution in [-0.2, 0) is 12.0 Å². The molecule has 2 N–H and O–H groups in total. The topological polar surface area (TPSA) is 102 Å². The Morgan fingerprint density at radius 2 is 1.79 bits per heavy atom. The predicted molar refractivity (Wildman–Crippen MR) is 86.8 cm³/mol. The first-order chi connectivity index (χ1) is 11.1. The quantitative estimate of drug-likeness (QED) is 0.843. The zero-order valence-corrected chi connectivity index (χ0v) is 13.7. The van der Waals surface area contributed by atoms with E-state index in [-0.39, 0.29) is 30.8 Å². The molecule has 1 aromatic carbocycles. The number of hydrogen-bond donors (Lipinski definition) is 1. The third kappa shape index (κ3) is 2.50. The Labute approximate surface area is 144 Å². The van der Waals surface area contributed by atoms with E-state index in [0.717, 1.165) is 19.3 Å². The predicted octanol–water partition coefficient (Wildman–Crippen LogP) is 1.67. The number of nitrogens with zero attached hydrogens (tertiary/aromatic N) is 3. The highest BCUT2D eigenvalue weighted by atomic mass is 35.5. The molecule has 8 heteroatoms. The van der Waals surface area contributed by atoms with Gasteiger partial charge in [0.2, 0.25) is 5.89 Å². The van der Waals surface area contributed by atoms with Crippen molar-refractivity contribution < 1.29 is 14.1 Å². The van der Waals surface area contributed by atoms with Crippen LogP contribution in [0.2, 0.25) is 0 Å². The van der Waals surface area contributed by atoms with Crippen molar-refractivity contribution in [1.82, 2.24) is 15.0 Å². The molecule has 0 atom stereocenters. The lowest BCUT2D eigenvalue weighted by molar-refractivity contribution is 0.0653. The minimum absolute atomic E-state index is 0. The molecule has 1 aliphatic carbocycles. The second-order valence-corrected chi connectivity index (χ2v) is 6.08. The zero-order chi connectivity index (χ0) is 16.0. The first-order valence-electron chi connectivity index (χ1n) is 7.66. The summed E-state index contributed by atoms with van der Waals surface area (Å²) >= 11 is 0. The van der Waals surface area contributed by atoms with Gasteiger partial charge in [-0.3, -0.25) is 14.5 Å². The summed E-state index contributed by atoms with van der Waals surface area (Å²) in [7, 11) is 0. The summed E-state index contributed by atoms with van der Waals surface area (Å²) in [5, 5.41) is 3.93. The summed E-state index contributed by atoms with van der Waals surface area (Å²) in [4.78, 5) is 30.1. The van der Waals surface area contributed by atoms with Gasteiger partial charge in [-0.25, -0.2) is 0 Å². The van der Waals surface area contributed by atoms with E-state index < -0.39 is 5.54 Å². The Kier molecular flexibility index (Phi) is 4.15. The lowest BCUT2D eigenvalue weighted by Gasteiger charge is -2.34. The molecule has 1 aliphatic heterocycles. The maximum atomic E-state index is 12.3. The maximum absolute atomic E-state index is 12.3. The second-order valence-electron chi connectivity index (χ2n) is 6.08. The lowest BCUT2D eigenvalue weighted by atomic mass is 9.77. The van der Waals surface area contributed by atoms with Gasteiger partial charge in [0.15, 0.2) is 5.82 Å². The van der Waals surface area contributed by atoms with Crippen LogP contribution < -0.4 is 5.73 Å². The van der Waals surface area contributed by atoms with Crippen LogP contribution >= 0.6 is 12.4 Å². The van der Waals surface area contributed by atoms with Gasteiger partial charge in [0.05, 0.1) is 16.7 Å². The van der Waals surface area contributed by atoms with Crippen LogP contribution in [-0.4, -0.2) is 33.4 Å². The molecule has 0 saturated heterocycles. The van der Waals surface area contributed by atoms with Gasteiger partial charge >= 0.3 is 0 Å². The first-order valence-corrected chi connectivity index (χ1v) is 7.66. The highest BCUT2D eigenvalue weighted by Crippen LogP contribution is 2.36. The van der Waals surface area contributed by atoms with E-state index in [9.17, 15) is 9.59 Å². The molecule has 2 aromatic rings.